The quantitative estimate of drug-likeness (QED) is 0.313. The third-order valence-corrected chi connectivity index (χ3v) is 8.95. The largest absolute Gasteiger partial charge is 0.441 e. The molecule has 6 rings (SSSR count). The molecule has 34 heavy (non-hydrogen) atoms. The zero-order valence-corrected chi connectivity index (χ0v) is 21.2. The van der Waals surface area contributed by atoms with E-state index in [1.54, 1.807) is 20.9 Å². The van der Waals surface area contributed by atoms with Crippen LogP contribution in [0.3, 0.4) is 0 Å². The lowest BCUT2D eigenvalue weighted by Crippen LogP contribution is -2.35. The van der Waals surface area contributed by atoms with Crippen LogP contribution >= 0.6 is 11.3 Å². The monoisotopic (exact) mass is 468 g/mol. The van der Waals surface area contributed by atoms with Crippen molar-refractivity contribution in [2.24, 2.45) is 0 Å². The number of fused-ring (bicyclic) bond motifs is 3. The van der Waals surface area contributed by atoms with Gasteiger partial charge in [0.05, 0.1) is 11.7 Å². The Morgan fingerprint density at radius 2 is 1.79 bits per heavy atom. The third-order valence-electron chi connectivity index (χ3n) is 7.56. The van der Waals surface area contributed by atoms with Gasteiger partial charge < -0.3 is 4.42 Å². The maximum absolute atomic E-state index is 6.22. The molecule has 0 fully saturated rings. The molecular formula is C30H32N2OS. The molecule has 0 radical (unpaired) electrons. The van der Waals surface area contributed by atoms with Gasteiger partial charge in [0, 0.05) is 28.4 Å². The molecule has 0 bridgehead atoms. The number of rotatable bonds is 4. The lowest BCUT2D eigenvalue weighted by molar-refractivity contribution is 0.204. The van der Waals surface area contributed by atoms with Gasteiger partial charge in [-0.2, -0.15) is 0 Å². The topological polar surface area (TPSA) is 29.3 Å². The van der Waals surface area contributed by atoms with E-state index < -0.39 is 0 Å². The molecule has 0 saturated heterocycles. The van der Waals surface area contributed by atoms with Crippen molar-refractivity contribution in [3.8, 4) is 11.5 Å². The lowest BCUT2D eigenvalue weighted by Gasteiger charge is -2.36. The standard InChI is InChI=1S/C30H32N2OS/c1-19-13-14-20(2)25(17-19)30-31-26(21(3)33-30)18-32-16-15-24-23-11-7-8-12-27(23)34-29(24)28(32)22-9-5-4-6-10-22/h4-6,9-10,13-14,17,28H,7-8,11-12,15-16,18H2,1-3H3. The first kappa shape index (κ1) is 21.8. The minimum atomic E-state index is 0.292. The van der Waals surface area contributed by atoms with Crippen LogP contribution in [0.15, 0.2) is 52.9 Å². The Labute approximate surface area is 206 Å². The maximum Gasteiger partial charge on any atom is 0.226 e. The maximum atomic E-state index is 6.22. The van der Waals surface area contributed by atoms with E-state index in [0.29, 0.717) is 6.04 Å². The molecule has 174 valence electrons. The summed E-state index contributed by atoms with van der Waals surface area (Å²) in [5.74, 6) is 1.67. The molecular weight excluding hydrogens is 436 g/mol. The molecule has 2 aliphatic rings. The second-order valence-corrected chi connectivity index (χ2v) is 11.1. The van der Waals surface area contributed by atoms with E-state index in [1.165, 1.54) is 42.4 Å². The van der Waals surface area contributed by atoms with E-state index in [9.17, 15) is 0 Å². The number of nitrogens with zero attached hydrogens (tertiary/aromatic N) is 2. The molecule has 3 heterocycles. The minimum absolute atomic E-state index is 0.292. The molecule has 2 aromatic heterocycles. The molecule has 1 aliphatic carbocycles. The lowest BCUT2D eigenvalue weighted by atomic mass is 9.88. The molecule has 1 aliphatic heterocycles. The van der Waals surface area contributed by atoms with Gasteiger partial charge in [-0.1, -0.05) is 48.0 Å². The molecule has 0 amide bonds. The Morgan fingerprint density at radius 3 is 2.65 bits per heavy atom. The van der Waals surface area contributed by atoms with Crippen molar-refractivity contribution in [2.45, 2.75) is 65.5 Å². The predicted octanol–water partition coefficient (Wildman–Crippen LogP) is 7.35. The summed E-state index contributed by atoms with van der Waals surface area (Å²) in [4.78, 5) is 10.9. The second-order valence-electron chi connectivity index (χ2n) is 9.93. The Balaban J connectivity index is 1.37. The van der Waals surface area contributed by atoms with Crippen LogP contribution in [0, 0.1) is 20.8 Å². The molecule has 1 atom stereocenters. The van der Waals surface area contributed by atoms with Crippen LogP contribution in [-0.2, 0) is 25.8 Å². The van der Waals surface area contributed by atoms with Crippen LogP contribution in [0.25, 0.3) is 11.5 Å². The van der Waals surface area contributed by atoms with Crippen molar-refractivity contribution in [1.82, 2.24) is 9.88 Å². The summed E-state index contributed by atoms with van der Waals surface area (Å²) < 4.78 is 6.22. The molecule has 4 aromatic rings. The van der Waals surface area contributed by atoms with E-state index in [0.717, 1.165) is 42.4 Å². The molecule has 1 unspecified atom stereocenters. The summed E-state index contributed by atoms with van der Waals surface area (Å²) in [5.41, 5.74) is 9.31. The number of aryl methyl sites for hydroxylation is 4. The van der Waals surface area contributed by atoms with Crippen LogP contribution in [-0.4, -0.2) is 16.4 Å². The normalized spacial score (nSPS) is 18.0. The highest BCUT2D eigenvalue weighted by Gasteiger charge is 2.34. The van der Waals surface area contributed by atoms with Crippen LogP contribution in [0.5, 0.6) is 0 Å². The highest BCUT2D eigenvalue weighted by atomic mass is 32.1. The number of oxazole rings is 1. The molecule has 4 heteroatoms. The van der Waals surface area contributed by atoms with E-state index in [1.807, 2.05) is 0 Å². The number of aromatic nitrogens is 1. The average molecular weight is 469 g/mol. The van der Waals surface area contributed by atoms with Gasteiger partial charge in [0.1, 0.15) is 5.76 Å². The van der Waals surface area contributed by atoms with Crippen molar-refractivity contribution in [2.75, 3.05) is 6.54 Å². The van der Waals surface area contributed by atoms with Crippen molar-refractivity contribution < 1.29 is 4.42 Å². The fourth-order valence-corrected chi connectivity index (χ4v) is 7.32. The average Bonchev–Trinajstić information content (AvgIpc) is 3.41. The number of hydrogen-bond donors (Lipinski definition) is 0. The van der Waals surface area contributed by atoms with Gasteiger partial charge in [-0.25, -0.2) is 4.98 Å². The minimum Gasteiger partial charge on any atom is -0.441 e. The van der Waals surface area contributed by atoms with E-state index in [4.69, 9.17) is 9.40 Å². The van der Waals surface area contributed by atoms with Gasteiger partial charge in [-0.3, -0.25) is 4.90 Å². The summed E-state index contributed by atoms with van der Waals surface area (Å²) in [6.07, 6.45) is 6.35. The Kier molecular flexibility index (Phi) is 5.66. The summed E-state index contributed by atoms with van der Waals surface area (Å²) in [7, 11) is 0. The Morgan fingerprint density at radius 1 is 0.971 bits per heavy atom. The van der Waals surface area contributed by atoms with Crippen molar-refractivity contribution in [1.29, 1.82) is 0 Å². The first-order valence-corrected chi connectivity index (χ1v) is 13.4. The van der Waals surface area contributed by atoms with Gasteiger partial charge in [0.2, 0.25) is 5.89 Å². The van der Waals surface area contributed by atoms with Crippen molar-refractivity contribution in [3.05, 3.63) is 97.6 Å². The second kappa shape index (κ2) is 8.83. The first-order chi connectivity index (χ1) is 16.6. The zero-order valence-electron chi connectivity index (χ0n) is 20.4. The summed E-state index contributed by atoms with van der Waals surface area (Å²) in [5, 5.41) is 0. The Bertz CT molecular complexity index is 1330. The van der Waals surface area contributed by atoms with Crippen LogP contribution in [0.4, 0.5) is 0 Å². The van der Waals surface area contributed by atoms with Crippen molar-refractivity contribution in [3.63, 3.8) is 0 Å². The highest BCUT2D eigenvalue weighted by molar-refractivity contribution is 7.12. The third kappa shape index (κ3) is 3.83. The number of benzene rings is 2. The molecule has 0 N–H and O–H groups in total. The summed E-state index contributed by atoms with van der Waals surface area (Å²) >= 11 is 2.08. The van der Waals surface area contributed by atoms with E-state index in [2.05, 4.69) is 85.5 Å². The van der Waals surface area contributed by atoms with Crippen LogP contribution in [0.1, 0.15) is 67.9 Å². The number of hydrogen-bond acceptors (Lipinski definition) is 4. The van der Waals surface area contributed by atoms with Gasteiger partial charge >= 0.3 is 0 Å². The summed E-state index contributed by atoms with van der Waals surface area (Å²) in [6, 6.07) is 17.8. The fourth-order valence-electron chi connectivity index (χ4n) is 5.71. The number of thiophene rings is 1. The van der Waals surface area contributed by atoms with Gasteiger partial charge in [0.25, 0.3) is 0 Å². The SMILES string of the molecule is Cc1ccc(C)c(-c2nc(CN3CCc4c(sc5c4CCCC5)C3c3ccccc3)c(C)o2)c1. The van der Waals surface area contributed by atoms with E-state index >= 15 is 0 Å². The zero-order chi connectivity index (χ0) is 23.2. The molecule has 0 spiro atoms. The molecule has 0 saturated carbocycles. The van der Waals surface area contributed by atoms with Gasteiger partial charge in [-0.15, -0.1) is 11.3 Å². The predicted molar refractivity (Wildman–Crippen MR) is 140 cm³/mol. The summed E-state index contributed by atoms with van der Waals surface area (Å²) in [6.45, 7) is 8.18. The highest BCUT2D eigenvalue weighted by Crippen LogP contribution is 2.45. The van der Waals surface area contributed by atoms with E-state index in [-0.39, 0.29) is 0 Å². The van der Waals surface area contributed by atoms with Crippen LogP contribution < -0.4 is 0 Å². The first-order valence-electron chi connectivity index (χ1n) is 12.5. The Hall–Kier alpha value is -2.69. The molecule has 3 nitrogen and oxygen atoms in total. The van der Waals surface area contributed by atoms with Gasteiger partial charge in [0.15, 0.2) is 0 Å². The molecule has 2 aromatic carbocycles. The van der Waals surface area contributed by atoms with Crippen molar-refractivity contribution >= 4 is 11.3 Å². The smallest absolute Gasteiger partial charge is 0.226 e. The van der Waals surface area contributed by atoms with Crippen LogP contribution in [0.2, 0.25) is 0 Å². The van der Waals surface area contributed by atoms with Gasteiger partial charge in [-0.05, 0) is 81.2 Å². The fraction of sp³-hybridized carbons (Fsp3) is 0.367.